The van der Waals surface area contributed by atoms with E-state index in [4.69, 9.17) is 9.47 Å². The summed E-state index contributed by atoms with van der Waals surface area (Å²) in [4.78, 5) is 4.41. The van der Waals surface area contributed by atoms with Gasteiger partial charge < -0.3 is 14.8 Å². The van der Waals surface area contributed by atoms with Crippen LogP contribution in [0.15, 0.2) is 30.5 Å². The van der Waals surface area contributed by atoms with Gasteiger partial charge in [-0.15, -0.1) is 0 Å². The van der Waals surface area contributed by atoms with Crippen molar-refractivity contribution < 1.29 is 9.47 Å². The maximum atomic E-state index is 5.62. The lowest BCUT2D eigenvalue weighted by Crippen LogP contribution is -2.11. The molecule has 0 radical (unpaired) electrons. The number of rotatable bonds is 7. The van der Waals surface area contributed by atoms with E-state index in [0.29, 0.717) is 0 Å². The van der Waals surface area contributed by atoms with E-state index >= 15 is 0 Å². The summed E-state index contributed by atoms with van der Waals surface area (Å²) in [5, 5.41) is 5.49. The van der Waals surface area contributed by atoms with Gasteiger partial charge in [0.1, 0.15) is 11.6 Å². The molecule has 3 rings (SSSR count). The predicted molar refractivity (Wildman–Crippen MR) is 80.3 cm³/mol. The molecule has 0 unspecified atom stereocenters. The van der Waals surface area contributed by atoms with Gasteiger partial charge in [0.25, 0.3) is 0 Å². The van der Waals surface area contributed by atoms with Gasteiger partial charge in [0, 0.05) is 30.1 Å². The SMILES string of the molecule is COc1cccc2c(NCCOCC3CC3)nccc12. The second kappa shape index (κ2) is 6.09. The zero-order chi connectivity index (χ0) is 13.8. The molecule has 0 bridgehead atoms. The normalized spacial score (nSPS) is 14.4. The molecule has 2 aromatic rings. The Bertz CT molecular complexity index is 582. The standard InChI is InChI=1S/C16H20N2O2/c1-19-15-4-2-3-14-13(15)7-8-17-16(14)18-9-10-20-11-12-5-6-12/h2-4,7-8,12H,5-6,9-11H2,1H3,(H,17,18). The van der Waals surface area contributed by atoms with Gasteiger partial charge in [-0.2, -0.15) is 0 Å². The first-order valence-corrected chi connectivity index (χ1v) is 7.12. The van der Waals surface area contributed by atoms with E-state index in [0.717, 1.165) is 48.0 Å². The minimum absolute atomic E-state index is 0.721. The van der Waals surface area contributed by atoms with E-state index in [1.807, 2.05) is 18.2 Å². The zero-order valence-corrected chi connectivity index (χ0v) is 11.8. The summed E-state index contributed by atoms with van der Waals surface area (Å²) in [6, 6.07) is 7.98. The van der Waals surface area contributed by atoms with Crippen LogP contribution in [0.3, 0.4) is 0 Å². The molecule has 1 aromatic heterocycles. The third kappa shape index (κ3) is 3.02. The number of hydrogen-bond donors (Lipinski definition) is 1. The number of hydrogen-bond acceptors (Lipinski definition) is 4. The molecule has 1 aromatic carbocycles. The van der Waals surface area contributed by atoms with Crippen molar-refractivity contribution in [3.8, 4) is 5.75 Å². The summed E-state index contributed by atoms with van der Waals surface area (Å²) in [5.41, 5.74) is 0. The largest absolute Gasteiger partial charge is 0.496 e. The summed E-state index contributed by atoms with van der Waals surface area (Å²) in [7, 11) is 1.69. The molecule has 0 atom stereocenters. The van der Waals surface area contributed by atoms with E-state index in [-0.39, 0.29) is 0 Å². The fraction of sp³-hybridized carbons (Fsp3) is 0.438. The van der Waals surface area contributed by atoms with Crippen molar-refractivity contribution in [1.29, 1.82) is 0 Å². The van der Waals surface area contributed by atoms with E-state index in [9.17, 15) is 0 Å². The van der Waals surface area contributed by atoms with Crippen molar-refractivity contribution in [2.45, 2.75) is 12.8 Å². The number of methoxy groups -OCH3 is 1. The molecular weight excluding hydrogens is 252 g/mol. The van der Waals surface area contributed by atoms with Crippen molar-refractivity contribution in [3.63, 3.8) is 0 Å². The quantitative estimate of drug-likeness (QED) is 0.787. The fourth-order valence-corrected chi connectivity index (χ4v) is 2.27. The number of anilines is 1. The zero-order valence-electron chi connectivity index (χ0n) is 11.8. The number of pyridine rings is 1. The molecule has 106 valence electrons. The molecule has 1 aliphatic carbocycles. The Morgan fingerprint density at radius 1 is 1.25 bits per heavy atom. The molecule has 0 spiro atoms. The first-order valence-electron chi connectivity index (χ1n) is 7.12. The molecule has 1 saturated carbocycles. The van der Waals surface area contributed by atoms with Crippen molar-refractivity contribution in [3.05, 3.63) is 30.5 Å². The van der Waals surface area contributed by atoms with E-state index in [1.54, 1.807) is 13.3 Å². The maximum Gasteiger partial charge on any atom is 0.134 e. The van der Waals surface area contributed by atoms with Crippen LogP contribution < -0.4 is 10.1 Å². The van der Waals surface area contributed by atoms with Gasteiger partial charge >= 0.3 is 0 Å². The lowest BCUT2D eigenvalue weighted by atomic mass is 10.1. The Balaban J connectivity index is 1.64. The van der Waals surface area contributed by atoms with Crippen LogP contribution in [0.2, 0.25) is 0 Å². The Labute approximate surface area is 119 Å². The highest BCUT2D eigenvalue weighted by atomic mass is 16.5. The van der Waals surface area contributed by atoms with Crippen LogP contribution in [0.25, 0.3) is 10.8 Å². The Morgan fingerprint density at radius 2 is 2.15 bits per heavy atom. The van der Waals surface area contributed by atoms with Gasteiger partial charge in [-0.25, -0.2) is 4.98 Å². The van der Waals surface area contributed by atoms with Crippen LogP contribution in [0.4, 0.5) is 5.82 Å². The molecule has 1 N–H and O–H groups in total. The maximum absolute atomic E-state index is 5.62. The molecule has 0 amide bonds. The van der Waals surface area contributed by atoms with E-state index < -0.39 is 0 Å². The van der Waals surface area contributed by atoms with Gasteiger partial charge in [0.05, 0.1) is 13.7 Å². The van der Waals surface area contributed by atoms with Crippen LogP contribution in [0.1, 0.15) is 12.8 Å². The number of benzene rings is 1. The van der Waals surface area contributed by atoms with Gasteiger partial charge in [0.2, 0.25) is 0 Å². The summed E-state index contributed by atoms with van der Waals surface area (Å²) in [5.74, 6) is 2.57. The highest BCUT2D eigenvalue weighted by molar-refractivity contribution is 5.95. The molecule has 0 saturated heterocycles. The van der Waals surface area contributed by atoms with E-state index in [1.165, 1.54) is 12.8 Å². The highest BCUT2D eigenvalue weighted by Gasteiger charge is 2.20. The van der Waals surface area contributed by atoms with Crippen molar-refractivity contribution in [2.24, 2.45) is 5.92 Å². The lowest BCUT2D eigenvalue weighted by Gasteiger charge is -2.11. The van der Waals surface area contributed by atoms with Gasteiger partial charge in [-0.3, -0.25) is 0 Å². The molecule has 1 aliphatic rings. The Hall–Kier alpha value is -1.81. The monoisotopic (exact) mass is 272 g/mol. The lowest BCUT2D eigenvalue weighted by molar-refractivity contribution is 0.134. The van der Waals surface area contributed by atoms with Gasteiger partial charge in [-0.05, 0) is 30.9 Å². The van der Waals surface area contributed by atoms with Crippen LogP contribution >= 0.6 is 0 Å². The minimum atomic E-state index is 0.721. The van der Waals surface area contributed by atoms with Crippen molar-refractivity contribution >= 4 is 16.6 Å². The summed E-state index contributed by atoms with van der Waals surface area (Å²) in [6.45, 7) is 2.40. The highest BCUT2D eigenvalue weighted by Crippen LogP contribution is 2.29. The average molecular weight is 272 g/mol. The molecule has 4 nitrogen and oxygen atoms in total. The summed E-state index contributed by atoms with van der Waals surface area (Å²) < 4.78 is 11.0. The molecular formula is C16H20N2O2. The second-order valence-electron chi connectivity index (χ2n) is 5.16. The summed E-state index contributed by atoms with van der Waals surface area (Å²) >= 11 is 0. The van der Waals surface area contributed by atoms with Crippen LogP contribution in [0, 0.1) is 5.92 Å². The topological polar surface area (TPSA) is 43.4 Å². The number of nitrogens with zero attached hydrogens (tertiary/aromatic N) is 1. The van der Waals surface area contributed by atoms with Gasteiger partial charge in [-0.1, -0.05) is 12.1 Å². The number of aromatic nitrogens is 1. The number of nitrogens with one attached hydrogen (secondary N) is 1. The fourth-order valence-electron chi connectivity index (χ4n) is 2.27. The minimum Gasteiger partial charge on any atom is -0.496 e. The van der Waals surface area contributed by atoms with Crippen LogP contribution in [0.5, 0.6) is 5.75 Å². The third-order valence-corrected chi connectivity index (χ3v) is 3.58. The first-order chi connectivity index (χ1) is 9.88. The Morgan fingerprint density at radius 3 is 2.95 bits per heavy atom. The second-order valence-corrected chi connectivity index (χ2v) is 5.16. The van der Waals surface area contributed by atoms with Crippen LogP contribution in [-0.2, 0) is 4.74 Å². The average Bonchev–Trinajstić information content (AvgIpc) is 3.30. The molecule has 1 fully saturated rings. The van der Waals surface area contributed by atoms with E-state index in [2.05, 4.69) is 16.4 Å². The number of ether oxygens (including phenoxy) is 2. The predicted octanol–water partition coefficient (Wildman–Crippen LogP) is 3.08. The Kier molecular flexibility index (Phi) is 4.02. The summed E-state index contributed by atoms with van der Waals surface area (Å²) in [6.07, 6.45) is 4.47. The third-order valence-electron chi connectivity index (χ3n) is 3.58. The molecule has 1 heterocycles. The first kappa shape index (κ1) is 13.2. The van der Waals surface area contributed by atoms with Crippen molar-refractivity contribution in [1.82, 2.24) is 4.98 Å². The molecule has 20 heavy (non-hydrogen) atoms. The van der Waals surface area contributed by atoms with Gasteiger partial charge in [0.15, 0.2) is 0 Å². The smallest absolute Gasteiger partial charge is 0.134 e. The molecule has 4 heteroatoms. The molecule has 0 aliphatic heterocycles. The number of fused-ring (bicyclic) bond motifs is 1. The van der Waals surface area contributed by atoms with Crippen LogP contribution in [-0.4, -0.2) is 31.9 Å². The van der Waals surface area contributed by atoms with Crippen molar-refractivity contribution in [2.75, 3.05) is 32.2 Å².